The monoisotopic (exact) mass is 297 g/mol. The fraction of sp³-hybridized carbons (Fsp3) is 0.333. The molecule has 1 fully saturated rings. The van der Waals surface area contributed by atoms with Gasteiger partial charge in [0, 0.05) is 25.1 Å². The van der Waals surface area contributed by atoms with Gasteiger partial charge in [-0.3, -0.25) is 19.7 Å². The molecule has 1 saturated heterocycles. The Bertz CT molecular complexity index is 566. The molecule has 7 nitrogen and oxygen atoms in total. The first kappa shape index (κ1) is 14.3. The average Bonchev–Trinajstić information content (AvgIpc) is 2.41. The number of rotatable bonds is 3. The summed E-state index contributed by atoms with van der Waals surface area (Å²) in [6.07, 6.45) is 0.741. The number of amides is 2. The standard InChI is InChI=1S/C12H12ClN3O4/c13-9-3-2-8(16(19)20)5-10(9)15-12(18)7-1-4-11(17)14-6-7/h2-3,5,7H,1,4,6H2,(H,14,17)(H,15,18). The third-order valence-electron chi connectivity index (χ3n) is 3.05. The highest BCUT2D eigenvalue weighted by atomic mass is 35.5. The highest BCUT2D eigenvalue weighted by molar-refractivity contribution is 6.33. The lowest BCUT2D eigenvalue weighted by Crippen LogP contribution is -2.40. The first-order valence-electron chi connectivity index (χ1n) is 5.99. The second-order valence-electron chi connectivity index (χ2n) is 4.45. The Morgan fingerprint density at radius 2 is 2.25 bits per heavy atom. The fourth-order valence-corrected chi connectivity index (χ4v) is 2.08. The predicted molar refractivity (Wildman–Crippen MR) is 72.5 cm³/mol. The SMILES string of the molecule is O=C1CCC(C(=O)Nc2cc([N+](=O)[O-])ccc2Cl)CN1. The molecule has 0 aliphatic carbocycles. The number of nitro groups is 1. The van der Waals surface area contributed by atoms with E-state index < -0.39 is 4.92 Å². The van der Waals surface area contributed by atoms with Gasteiger partial charge in [0.15, 0.2) is 0 Å². The van der Waals surface area contributed by atoms with Gasteiger partial charge in [-0.15, -0.1) is 0 Å². The zero-order valence-corrected chi connectivity index (χ0v) is 11.1. The number of benzene rings is 1. The van der Waals surface area contributed by atoms with Crippen LogP contribution in [-0.2, 0) is 9.59 Å². The van der Waals surface area contributed by atoms with E-state index in [1.165, 1.54) is 18.2 Å². The summed E-state index contributed by atoms with van der Waals surface area (Å²) in [5, 5.41) is 16.1. The Morgan fingerprint density at radius 3 is 2.85 bits per heavy atom. The minimum absolute atomic E-state index is 0.0811. The Kier molecular flexibility index (Phi) is 4.19. The molecule has 1 aromatic rings. The van der Waals surface area contributed by atoms with Crippen molar-refractivity contribution in [2.45, 2.75) is 12.8 Å². The lowest BCUT2D eigenvalue weighted by molar-refractivity contribution is -0.384. The van der Waals surface area contributed by atoms with E-state index in [9.17, 15) is 19.7 Å². The average molecular weight is 298 g/mol. The maximum absolute atomic E-state index is 12.0. The summed E-state index contributed by atoms with van der Waals surface area (Å²) in [5.41, 5.74) is 0.0458. The van der Waals surface area contributed by atoms with Crippen molar-refractivity contribution in [3.8, 4) is 0 Å². The number of carbonyl (C=O) groups is 2. The lowest BCUT2D eigenvalue weighted by Gasteiger charge is -2.21. The van der Waals surface area contributed by atoms with E-state index in [1.807, 2.05) is 0 Å². The fourth-order valence-electron chi connectivity index (χ4n) is 1.91. The number of hydrogen-bond acceptors (Lipinski definition) is 4. The van der Waals surface area contributed by atoms with E-state index in [1.54, 1.807) is 0 Å². The molecule has 1 atom stereocenters. The van der Waals surface area contributed by atoms with E-state index in [-0.39, 0.29) is 40.7 Å². The van der Waals surface area contributed by atoms with Crippen LogP contribution in [0.25, 0.3) is 0 Å². The van der Waals surface area contributed by atoms with E-state index in [2.05, 4.69) is 10.6 Å². The summed E-state index contributed by atoms with van der Waals surface area (Å²) in [6, 6.07) is 3.83. The molecule has 0 saturated carbocycles. The van der Waals surface area contributed by atoms with E-state index in [0.717, 1.165) is 0 Å². The van der Waals surface area contributed by atoms with Gasteiger partial charge in [-0.25, -0.2) is 0 Å². The number of hydrogen-bond donors (Lipinski definition) is 2. The van der Waals surface area contributed by atoms with Gasteiger partial charge in [0.25, 0.3) is 5.69 Å². The second-order valence-corrected chi connectivity index (χ2v) is 4.86. The maximum atomic E-state index is 12.0. The van der Waals surface area contributed by atoms with Crippen LogP contribution in [0.3, 0.4) is 0 Å². The molecule has 20 heavy (non-hydrogen) atoms. The van der Waals surface area contributed by atoms with Crippen molar-refractivity contribution < 1.29 is 14.5 Å². The Labute approximate surface area is 119 Å². The summed E-state index contributed by atoms with van der Waals surface area (Å²) in [5.74, 6) is -0.752. The number of carbonyl (C=O) groups excluding carboxylic acids is 2. The van der Waals surface area contributed by atoms with Gasteiger partial charge in [-0.05, 0) is 12.5 Å². The first-order valence-corrected chi connectivity index (χ1v) is 6.36. The third kappa shape index (κ3) is 3.24. The van der Waals surface area contributed by atoms with Crippen LogP contribution >= 0.6 is 11.6 Å². The molecular formula is C12H12ClN3O4. The van der Waals surface area contributed by atoms with Crippen molar-refractivity contribution >= 4 is 34.8 Å². The molecule has 1 aliphatic rings. The van der Waals surface area contributed by atoms with Crippen LogP contribution in [0, 0.1) is 16.0 Å². The smallest absolute Gasteiger partial charge is 0.271 e. The summed E-state index contributed by atoms with van der Waals surface area (Å²) < 4.78 is 0. The first-order chi connectivity index (χ1) is 9.47. The van der Waals surface area contributed by atoms with Gasteiger partial charge in [0.2, 0.25) is 11.8 Å². The number of nitrogens with one attached hydrogen (secondary N) is 2. The largest absolute Gasteiger partial charge is 0.355 e. The van der Waals surface area contributed by atoms with Crippen LogP contribution in [0.1, 0.15) is 12.8 Å². The molecule has 1 heterocycles. The van der Waals surface area contributed by atoms with Crippen molar-refractivity contribution in [2.24, 2.45) is 5.92 Å². The molecule has 2 amide bonds. The van der Waals surface area contributed by atoms with Gasteiger partial charge in [0.1, 0.15) is 0 Å². The maximum Gasteiger partial charge on any atom is 0.271 e. The van der Waals surface area contributed by atoms with E-state index in [0.29, 0.717) is 12.8 Å². The number of nitro benzene ring substituents is 1. The van der Waals surface area contributed by atoms with Crippen molar-refractivity contribution in [1.82, 2.24) is 5.32 Å². The number of non-ortho nitro benzene ring substituents is 1. The minimum atomic E-state index is -0.563. The summed E-state index contributed by atoms with van der Waals surface area (Å²) in [6.45, 7) is 0.261. The van der Waals surface area contributed by atoms with Crippen molar-refractivity contribution in [2.75, 3.05) is 11.9 Å². The summed E-state index contributed by atoms with van der Waals surface area (Å²) in [7, 11) is 0. The molecule has 0 bridgehead atoms. The van der Waals surface area contributed by atoms with E-state index in [4.69, 9.17) is 11.6 Å². The van der Waals surface area contributed by atoms with Crippen LogP contribution in [0.2, 0.25) is 5.02 Å². The number of anilines is 1. The molecule has 1 aliphatic heterocycles. The topological polar surface area (TPSA) is 101 Å². The summed E-state index contributed by atoms with van der Waals surface area (Å²) in [4.78, 5) is 33.2. The summed E-state index contributed by atoms with van der Waals surface area (Å²) >= 11 is 5.90. The lowest BCUT2D eigenvalue weighted by atomic mass is 9.98. The van der Waals surface area contributed by atoms with Crippen molar-refractivity contribution in [3.05, 3.63) is 33.3 Å². The molecule has 106 valence electrons. The van der Waals surface area contributed by atoms with Crippen LogP contribution in [0.4, 0.5) is 11.4 Å². The van der Waals surface area contributed by atoms with Gasteiger partial charge >= 0.3 is 0 Å². The van der Waals surface area contributed by atoms with Crippen LogP contribution in [0.15, 0.2) is 18.2 Å². The quantitative estimate of drug-likeness (QED) is 0.655. The number of piperidine rings is 1. The second kappa shape index (κ2) is 5.87. The highest BCUT2D eigenvalue weighted by Crippen LogP contribution is 2.27. The molecule has 0 spiro atoms. The molecule has 8 heteroatoms. The van der Waals surface area contributed by atoms with Gasteiger partial charge in [0.05, 0.1) is 21.6 Å². The van der Waals surface area contributed by atoms with Crippen molar-refractivity contribution in [3.63, 3.8) is 0 Å². The van der Waals surface area contributed by atoms with Crippen LogP contribution < -0.4 is 10.6 Å². The van der Waals surface area contributed by atoms with E-state index >= 15 is 0 Å². The van der Waals surface area contributed by atoms with Gasteiger partial charge in [-0.1, -0.05) is 11.6 Å². The Hall–Kier alpha value is -2.15. The Morgan fingerprint density at radius 1 is 1.50 bits per heavy atom. The normalized spacial score (nSPS) is 18.2. The van der Waals surface area contributed by atoms with Gasteiger partial charge in [-0.2, -0.15) is 0 Å². The zero-order valence-electron chi connectivity index (χ0n) is 10.4. The molecule has 1 unspecified atom stereocenters. The molecule has 1 aromatic carbocycles. The van der Waals surface area contributed by atoms with Gasteiger partial charge < -0.3 is 10.6 Å². The van der Waals surface area contributed by atoms with Crippen molar-refractivity contribution in [1.29, 1.82) is 0 Å². The molecule has 0 radical (unpaired) electrons. The number of halogens is 1. The molecule has 0 aromatic heterocycles. The highest BCUT2D eigenvalue weighted by Gasteiger charge is 2.25. The van der Waals surface area contributed by atoms with Crippen LogP contribution in [0.5, 0.6) is 0 Å². The molecule has 2 N–H and O–H groups in total. The molecule has 2 rings (SSSR count). The zero-order chi connectivity index (χ0) is 14.7. The Balaban J connectivity index is 2.09. The third-order valence-corrected chi connectivity index (χ3v) is 3.38. The van der Waals surface area contributed by atoms with Crippen LogP contribution in [-0.4, -0.2) is 23.3 Å². The minimum Gasteiger partial charge on any atom is -0.355 e. The number of nitrogens with zero attached hydrogens (tertiary/aromatic N) is 1. The predicted octanol–water partition coefficient (Wildman–Crippen LogP) is 1.71. The molecular weight excluding hydrogens is 286 g/mol.